The second-order valence-corrected chi connectivity index (χ2v) is 23.2. The summed E-state index contributed by atoms with van der Waals surface area (Å²) < 4.78 is 33.3. The fraction of sp³-hybridized carbons (Fsp3) is 0.607. The molecule has 5 amide bonds. The Morgan fingerprint density at radius 1 is 0.780 bits per heavy atom. The molecule has 3 aromatic heterocycles. The van der Waals surface area contributed by atoms with E-state index in [4.69, 9.17) is 38.4 Å². The van der Waals surface area contributed by atoms with Crippen LogP contribution in [0.15, 0.2) is 18.2 Å². The van der Waals surface area contributed by atoms with Gasteiger partial charge in [-0.2, -0.15) is 0 Å². The van der Waals surface area contributed by atoms with Crippen molar-refractivity contribution in [3.05, 3.63) is 68.8 Å². The number of piperidine rings is 1. The minimum Gasteiger partial charge on any atom is -0.469 e. The molecule has 448 valence electrons. The van der Waals surface area contributed by atoms with Crippen LogP contribution in [-0.4, -0.2) is 169 Å². The van der Waals surface area contributed by atoms with Gasteiger partial charge in [-0.05, 0) is 127 Å². The molecule has 8 bridgehead atoms. The maximum absolute atomic E-state index is 15.4. The number of fused-ring (bicyclic) bond motifs is 8. The summed E-state index contributed by atoms with van der Waals surface area (Å²) in [5, 5.41) is 8.45. The smallest absolute Gasteiger partial charge is 0.408 e. The highest BCUT2D eigenvalue weighted by Crippen LogP contribution is 2.45. The molecule has 5 atom stereocenters. The number of aryl methyl sites for hydroxylation is 2. The van der Waals surface area contributed by atoms with Crippen LogP contribution in [0, 0.1) is 19.8 Å². The second-order valence-electron chi connectivity index (χ2n) is 23.2. The minimum atomic E-state index is -0.915. The van der Waals surface area contributed by atoms with E-state index >= 15 is 4.79 Å². The number of aromatic nitrogens is 4. The van der Waals surface area contributed by atoms with Crippen molar-refractivity contribution in [3.8, 4) is 0 Å². The van der Waals surface area contributed by atoms with E-state index in [1.54, 1.807) is 48.7 Å². The Hall–Kier alpha value is -6.52. The van der Waals surface area contributed by atoms with Crippen LogP contribution in [0.25, 0.3) is 33.2 Å². The average Bonchev–Trinajstić information content (AvgIpc) is 4.14. The van der Waals surface area contributed by atoms with Gasteiger partial charge in [0.2, 0.25) is 11.8 Å². The molecule has 3 aromatic rings. The zero-order valence-electron chi connectivity index (χ0n) is 50.6. The lowest BCUT2D eigenvalue weighted by molar-refractivity contribution is -0.140. The van der Waals surface area contributed by atoms with Crippen molar-refractivity contribution in [1.82, 2.24) is 45.7 Å². The van der Waals surface area contributed by atoms with E-state index in [-0.39, 0.29) is 54.4 Å². The predicted molar refractivity (Wildman–Crippen MR) is 312 cm³/mol. The molecule has 1 fully saturated rings. The number of methoxy groups -OCH3 is 2. The molecule has 21 nitrogen and oxygen atoms in total. The topological polar surface area (TPSA) is 258 Å². The molecule has 7 heterocycles. The lowest BCUT2D eigenvalue weighted by atomic mass is 9.84. The number of alkyl carbamates (subject to hydrolysis) is 1. The van der Waals surface area contributed by atoms with Gasteiger partial charge in [-0.1, -0.05) is 27.7 Å². The van der Waals surface area contributed by atoms with Gasteiger partial charge in [-0.25, -0.2) is 9.78 Å². The van der Waals surface area contributed by atoms with Crippen molar-refractivity contribution in [1.29, 1.82) is 0 Å². The van der Waals surface area contributed by atoms with Gasteiger partial charge < -0.3 is 59.2 Å². The van der Waals surface area contributed by atoms with Crippen molar-refractivity contribution >= 4 is 68.9 Å². The Kier molecular flexibility index (Phi) is 21.3. The quantitative estimate of drug-likeness (QED) is 0.0323. The fourth-order valence-electron chi connectivity index (χ4n) is 11.3. The second kappa shape index (κ2) is 27.7. The molecule has 7 rings (SSSR count). The first-order valence-electron chi connectivity index (χ1n) is 29.0. The van der Waals surface area contributed by atoms with Gasteiger partial charge in [0.15, 0.2) is 0 Å². The number of esters is 1. The van der Waals surface area contributed by atoms with E-state index in [0.717, 1.165) is 44.7 Å². The zero-order chi connectivity index (χ0) is 59.7. The maximum atomic E-state index is 15.4. The van der Waals surface area contributed by atoms with Gasteiger partial charge in [0.1, 0.15) is 17.7 Å². The third-order valence-corrected chi connectivity index (χ3v) is 16.0. The van der Waals surface area contributed by atoms with Crippen LogP contribution >= 0.6 is 0 Å². The summed E-state index contributed by atoms with van der Waals surface area (Å²) >= 11 is 0. The molecule has 1 saturated heterocycles. The van der Waals surface area contributed by atoms with Crippen LogP contribution in [0.3, 0.4) is 0 Å². The number of H-pyrrole nitrogens is 2. The SMILES string of the molecule is CCC1=C(C)c2cc3[nH]c(cc4nc(c5c6[nH]c(cc1n2)c(C)c6C(=O)N(CCN1CCC(NC(=O)[C@H](C)NC(=O)[C@@H](NC(=O)OC(C)(C)C)C(C)C)CC1)C5=O)[C@@H](CCC(=O)OC)[C@@H]4C)c(C)c3C(C)OCCOCCOCCOC. The number of carbonyl (C=O) groups is 6. The number of nitrogens with zero attached hydrogens (tertiary/aromatic N) is 4. The van der Waals surface area contributed by atoms with Crippen LogP contribution in [-0.2, 0) is 42.8 Å². The van der Waals surface area contributed by atoms with Crippen LogP contribution in [0.4, 0.5) is 4.79 Å². The number of carbonyl (C=O) groups excluding carboxylic acids is 6. The number of hydrogen-bond acceptors (Lipinski definition) is 15. The number of hydrogen-bond donors (Lipinski definition) is 5. The third kappa shape index (κ3) is 14.8. The summed E-state index contributed by atoms with van der Waals surface area (Å²) in [6, 6.07) is 4.08. The number of imide groups is 1. The Bertz CT molecular complexity index is 3060. The monoisotopic (exact) mass is 1140 g/mol. The number of aromatic amines is 2. The van der Waals surface area contributed by atoms with Crippen molar-refractivity contribution in [2.45, 2.75) is 157 Å². The summed E-state index contributed by atoms with van der Waals surface area (Å²) in [4.78, 5) is 104. The molecule has 4 aliphatic rings. The maximum Gasteiger partial charge on any atom is 0.408 e. The zero-order valence-corrected chi connectivity index (χ0v) is 50.6. The first kappa shape index (κ1) is 63.1. The lowest BCUT2D eigenvalue weighted by Gasteiger charge is -2.34. The Labute approximate surface area is 481 Å². The van der Waals surface area contributed by atoms with Crippen molar-refractivity contribution in [2.75, 3.05) is 80.0 Å². The number of allylic oxidation sites excluding steroid dienone is 2. The lowest BCUT2D eigenvalue weighted by Crippen LogP contribution is -2.56. The standard InChI is InChI=1S/C61H87N9O12/c1-15-41-34(4)43-32-48-50(39(9)81-29-28-80-27-26-79-25-24-77-13)36(6)45(65-48)30-44-35(5)42(16-17-49(71)78-14)54(66-44)52-55-51(37(7)46(67-55)31-47(41)64-43)58(74)70(59(52)75)23-22-69-20-18-40(19-21-69)63-56(72)38(8)62-57(73)53(33(2)3)68-60(76)82-61(10,11)12/h30-33,35,38-40,42,53,65,67H,15-29H2,1-14H3,(H,62,73)(H,63,72)(H,68,76)/t35-,38-,39?,42-,53-/m0/s1. The van der Waals surface area contributed by atoms with Crippen LogP contribution in [0.2, 0.25) is 0 Å². The molecule has 5 N–H and O–H groups in total. The van der Waals surface area contributed by atoms with E-state index in [1.807, 2.05) is 26.0 Å². The van der Waals surface area contributed by atoms with E-state index in [1.165, 1.54) is 12.0 Å². The molecule has 0 aromatic carbocycles. The van der Waals surface area contributed by atoms with Gasteiger partial charge in [0, 0.05) is 85.4 Å². The summed E-state index contributed by atoms with van der Waals surface area (Å²) in [5.41, 5.74) is 9.96. The Morgan fingerprint density at radius 2 is 1.43 bits per heavy atom. The number of amides is 5. The highest BCUT2D eigenvalue weighted by atomic mass is 16.6. The van der Waals surface area contributed by atoms with Gasteiger partial charge in [0.05, 0.1) is 86.6 Å². The molecule has 4 aliphatic heterocycles. The minimum absolute atomic E-state index is 0.0849. The fourth-order valence-corrected chi connectivity index (χ4v) is 11.3. The van der Waals surface area contributed by atoms with Crippen molar-refractivity contribution in [2.24, 2.45) is 5.92 Å². The molecule has 0 spiro atoms. The first-order valence-corrected chi connectivity index (χ1v) is 29.0. The third-order valence-electron chi connectivity index (χ3n) is 16.0. The Balaban J connectivity index is 1.18. The highest BCUT2D eigenvalue weighted by molar-refractivity contribution is 6.23. The molecule has 82 heavy (non-hydrogen) atoms. The summed E-state index contributed by atoms with van der Waals surface area (Å²) in [6.07, 6.45) is 1.23. The van der Waals surface area contributed by atoms with Gasteiger partial charge in [0.25, 0.3) is 11.8 Å². The van der Waals surface area contributed by atoms with Crippen molar-refractivity contribution < 1.29 is 57.2 Å². The summed E-state index contributed by atoms with van der Waals surface area (Å²) in [7, 11) is 2.99. The summed E-state index contributed by atoms with van der Waals surface area (Å²) in [6.45, 7) is 26.8. The van der Waals surface area contributed by atoms with Gasteiger partial charge in [-0.3, -0.25) is 33.9 Å². The Morgan fingerprint density at radius 3 is 2.07 bits per heavy atom. The molecule has 1 unspecified atom stereocenters. The molecule has 0 radical (unpaired) electrons. The first-order chi connectivity index (χ1) is 39.0. The molecule has 21 heteroatoms. The largest absolute Gasteiger partial charge is 0.469 e. The summed E-state index contributed by atoms with van der Waals surface area (Å²) in [5.74, 6) is -3.08. The van der Waals surface area contributed by atoms with E-state index in [2.05, 4.69) is 64.6 Å². The number of likely N-dealkylation sites (tertiary alicyclic amines) is 1. The normalized spacial score (nSPS) is 18.0. The van der Waals surface area contributed by atoms with Crippen LogP contribution in [0.5, 0.6) is 0 Å². The van der Waals surface area contributed by atoms with Crippen LogP contribution < -0.4 is 16.0 Å². The van der Waals surface area contributed by atoms with Crippen molar-refractivity contribution in [3.63, 3.8) is 0 Å². The molecule has 0 saturated carbocycles. The van der Waals surface area contributed by atoms with E-state index in [0.29, 0.717) is 119 Å². The predicted octanol–water partition coefficient (Wildman–Crippen LogP) is 8.10. The van der Waals surface area contributed by atoms with Gasteiger partial charge >= 0.3 is 12.1 Å². The highest BCUT2D eigenvalue weighted by Gasteiger charge is 2.42. The molecular weight excluding hydrogens is 1050 g/mol. The van der Waals surface area contributed by atoms with E-state index < -0.39 is 47.4 Å². The van der Waals surface area contributed by atoms with E-state index in [9.17, 15) is 24.0 Å². The number of nitrogens with one attached hydrogen (secondary N) is 5. The average molecular weight is 1140 g/mol. The molecule has 0 aliphatic carbocycles. The molecular formula is C61H87N9O12. The number of rotatable bonds is 24. The van der Waals surface area contributed by atoms with Gasteiger partial charge in [-0.15, -0.1) is 0 Å². The number of ether oxygens (including phenoxy) is 6. The van der Waals surface area contributed by atoms with Crippen LogP contribution in [0.1, 0.15) is 179 Å².